The van der Waals surface area contributed by atoms with Crippen LogP contribution in [0.25, 0.3) is 0 Å². The van der Waals surface area contributed by atoms with Gasteiger partial charge in [0.1, 0.15) is 16.3 Å². The molecule has 0 saturated heterocycles. The first kappa shape index (κ1) is 17.3. The minimum absolute atomic E-state index is 1.78. The van der Waals surface area contributed by atoms with Gasteiger partial charge in [-0.1, -0.05) is 22.3 Å². The van der Waals surface area contributed by atoms with Gasteiger partial charge in [-0.25, -0.2) is 0 Å². The number of alkyl halides is 1. The Morgan fingerprint density at radius 1 is 1.00 bits per heavy atom. The van der Waals surface area contributed by atoms with E-state index >= 15 is 0 Å². The van der Waals surface area contributed by atoms with Gasteiger partial charge in [0.25, 0.3) is 0 Å². The van der Waals surface area contributed by atoms with E-state index in [1.54, 1.807) is 0 Å². The number of rotatable bonds is 8. The van der Waals surface area contributed by atoms with E-state index in [0.29, 0.717) is 0 Å². The lowest BCUT2D eigenvalue weighted by Gasteiger charge is -2.30. The number of nitro groups is 2. The smallest absolute Gasteiger partial charge is 0.393 e. The van der Waals surface area contributed by atoms with E-state index in [2.05, 4.69) is 0 Å². The fourth-order valence-corrected chi connectivity index (χ4v) is 1.02. The Morgan fingerprint density at radius 2 is 1.37 bits per heavy atom. The largest absolute Gasteiger partial charge is 0.613 e. The molecule has 0 heterocycles. The second kappa shape index (κ2) is 5.98. The molecule has 0 aromatic heterocycles. The third-order valence-electron chi connectivity index (χ3n) is 2.29. The van der Waals surface area contributed by atoms with Gasteiger partial charge >= 0.3 is 5.92 Å². The molecule has 0 aliphatic carbocycles. The van der Waals surface area contributed by atoms with E-state index in [1.807, 2.05) is 0 Å². The number of hydrogen-bond acceptors (Lipinski definition) is 7. The topological polar surface area (TPSA) is 113 Å². The van der Waals surface area contributed by atoms with Crippen molar-refractivity contribution in [3.05, 3.63) is 20.2 Å². The summed E-state index contributed by atoms with van der Waals surface area (Å²) in [6.07, 6.45) is -3.68. The maximum atomic E-state index is 13.2. The summed E-state index contributed by atoms with van der Waals surface area (Å²) in [6.45, 7) is -1.95. The van der Waals surface area contributed by atoms with Gasteiger partial charge in [0.2, 0.25) is 5.66 Å². The van der Waals surface area contributed by atoms with Gasteiger partial charge in [0.05, 0.1) is 6.61 Å². The molecule has 0 aliphatic rings. The molecule has 0 aromatic carbocycles. The van der Waals surface area contributed by atoms with Crippen molar-refractivity contribution in [1.82, 2.24) is 10.7 Å². The van der Waals surface area contributed by atoms with E-state index in [0.717, 1.165) is 0 Å². The Bertz CT molecular complexity index is 333. The van der Waals surface area contributed by atoms with E-state index in [4.69, 9.17) is 5.11 Å². The quantitative estimate of drug-likeness (QED) is 0.176. The van der Waals surface area contributed by atoms with Crippen molar-refractivity contribution in [2.75, 3.05) is 6.61 Å². The van der Waals surface area contributed by atoms with E-state index in [9.17, 15) is 42.5 Å². The standard InChI is InChI=1S/C5H7F5N4O5/c6-5(13(16)17,14(18)19)2-1-4(3-15,11(7)8)12(9)10/h15H,1-3H2. The Morgan fingerprint density at radius 3 is 1.58 bits per heavy atom. The highest BCUT2D eigenvalue weighted by Gasteiger charge is 2.61. The number of halogens is 5. The summed E-state index contributed by atoms with van der Waals surface area (Å²) in [4.78, 5) is 16.2. The van der Waals surface area contributed by atoms with Crippen LogP contribution in [-0.2, 0) is 0 Å². The van der Waals surface area contributed by atoms with Crippen LogP contribution in [0.1, 0.15) is 12.8 Å². The molecule has 0 saturated carbocycles. The van der Waals surface area contributed by atoms with Crippen molar-refractivity contribution < 1.29 is 37.3 Å². The van der Waals surface area contributed by atoms with Gasteiger partial charge in [-0.05, 0) is 0 Å². The first-order valence-electron chi connectivity index (χ1n) is 4.37. The van der Waals surface area contributed by atoms with Crippen LogP contribution in [0.4, 0.5) is 22.3 Å². The zero-order chi connectivity index (χ0) is 15.4. The lowest BCUT2D eigenvalue weighted by Crippen LogP contribution is -2.54. The number of nitrogens with zero attached hydrogens (tertiary/aromatic N) is 4. The predicted molar refractivity (Wildman–Crippen MR) is 45.0 cm³/mol. The molecule has 0 aliphatic heterocycles. The molecule has 0 radical (unpaired) electrons. The highest BCUT2D eigenvalue weighted by atomic mass is 19.4. The lowest BCUT2D eigenvalue weighted by molar-refractivity contribution is -0.832. The van der Waals surface area contributed by atoms with Crippen LogP contribution < -0.4 is 0 Å². The Balaban J connectivity index is 5.20. The van der Waals surface area contributed by atoms with Crippen molar-refractivity contribution in [2.24, 2.45) is 0 Å². The lowest BCUT2D eigenvalue weighted by atomic mass is 10.0. The maximum Gasteiger partial charge on any atom is 0.613 e. The normalized spacial score (nSPS) is 13.1. The zero-order valence-corrected chi connectivity index (χ0v) is 8.88. The van der Waals surface area contributed by atoms with Crippen molar-refractivity contribution >= 4 is 0 Å². The Labute approximate surface area is 100 Å². The van der Waals surface area contributed by atoms with Crippen molar-refractivity contribution in [3.8, 4) is 0 Å². The molecule has 0 rings (SSSR count). The van der Waals surface area contributed by atoms with Gasteiger partial charge in [0, 0.05) is 17.1 Å². The summed E-state index contributed by atoms with van der Waals surface area (Å²) >= 11 is 0. The Kier molecular flexibility index (Phi) is 5.46. The molecule has 0 unspecified atom stereocenters. The minimum Gasteiger partial charge on any atom is -0.393 e. The molecular formula is C5H7F5N4O5. The molecule has 9 nitrogen and oxygen atoms in total. The van der Waals surface area contributed by atoms with Crippen LogP contribution in [0.5, 0.6) is 0 Å². The first-order chi connectivity index (χ1) is 8.54. The first-order valence-corrected chi connectivity index (χ1v) is 4.37. The summed E-state index contributed by atoms with van der Waals surface area (Å²) < 4.78 is 62.3. The average Bonchev–Trinajstić information content (AvgIpc) is 2.28. The second-order valence-electron chi connectivity index (χ2n) is 3.34. The van der Waals surface area contributed by atoms with Gasteiger partial charge < -0.3 is 5.11 Å². The van der Waals surface area contributed by atoms with Gasteiger partial charge in [-0.15, -0.1) is 0 Å². The van der Waals surface area contributed by atoms with Crippen LogP contribution >= 0.6 is 0 Å². The highest BCUT2D eigenvalue weighted by Crippen LogP contribution is 2.32. The summed E-state index contributed by atoms with van der Waals surface area (Å²) in [6, 6.07) is 0. The Hall–Kier alpha value is -1.67. The van der Waals surface area contributed by atoms with Crippen LogP contribution in [0.2, 0.25) is 0 Å². The van der Waals surface area contributed by atoms with Crippen molar-refractivity contribution in [3.63, 3.8) is 0 Å². The maximum absolute atomic E-state index is 13.2. The van der Waals surface area contributed by atoms with Crippen LogP contribution in [0.3, 0.4) is 0 Å². The molecule has 0 bridgehead atoms. The summed E-state index contributed by atoms with van der Waals surface area (Å²) in [5.41, 5.74) is -3.77. The minimum atomic E-state index is -4.41. The molecule has 0 spiro atoms. The second-order valence-corrected chi connectivity index (χ2v) is 3.34. The third-order valence-corrected chi connectivity index (χ3v) is 2.29. The fourth-order valence-electron chi connectivity index (χ4n) is 1.02. The molecule has 14 heteroatoms. The van der Waals surface area contributed by atoms with E-state index in [1.165, 1.54) is 0 Å². The van der Waals surface area contributed by atoms with Gasteiger partial charge in [0.15, 0.2) is 0 Å². The van der Waals surface area contributed by atoms with Crippen LogP contribution in [0, 0.1) is 20.2 Å². The molecule has 1 N–H and O–H groups in total. The molecule has 0 atom stereocenters. The van der Waals surface area contributed by atoms with Crippen LogP contribution in [-0.4, -0.2) is 43.8 Å². The number of aliphatic hydroxyl groups is 1. The van der Waals surface area contributed by atoms with Gasteiger partial charge in [-0.2, -0.15) is 0 Å². The molecule has 0 aromatic rings. The summed E-state index contributed by atoms with van der Waals surface area (Å²) in [5, 5.41) is 24.3. The van der Waals surface area contributed by atoms with Crippen molar-refractivity contribution in [1.29, 1.82) is 0 Å². The predicted octanol–water partition coefficient (Wildman–Crippen LogP) is 0.774. The number of aliphatic hydroxyl groups excluding tert-OH is 1. The molecule has 0 fully saturated rings. The highest BCUT2D eigenvalue weighted by molar-refractivity contribution is 4.78. The molecule has 0 amide bonds. The summed E-state index contributed by atoms with van der Waals surface area (Å²) in [7, 11) is 0. The monoisotopic (exact) mass is 298 g/mol. The SMILES string of the molecule is O=[N+]([O-])C(F)(CCC(CO)(N(F)F)N(F)F)[N+](=O)[O-]. The molecule has 112 valence electrons. The van der Waals surface area contributed by atoms with Crippen LogP contribution in [0.15, 0.2) is 0 Å². The van der Waals surface area contributed by atoms with E-state index in [-0.39, 0.29) is 0 Å². The van der Waals surface area contributed by atoms with Gasteiger partial charge in [-0.3, -0.25) is 20.2 Å². The summed E-state index contributed by atoms with van der Waals surface area (Å²) in [5.74, 6) is -4.41. The number of hydrogen-bond donors (Lipinski definition) is 1. The van der Waals surface area contributed by atoms with Crippen molar-refractivity contribution in [2.45, 2.75) is 24.4 Å². The third kappa shape index (κ3) is 3.21. The fraction of sp³-hybridized carbons (Fsp3) is 1.00. The molecule has 19 heavy (non-hydrogen) atoms. The molecular weight excluding hydrogens is 291 g/mol. The van der Waals surface area contributed by atoms with E-state index < -0.39 is 51.6 Å². The zero-order valence-electron chi connectivity index (χ0n) is 8.88. The average molecular weight is 298 g/mol.